The van der Waals surface area contributed by atoms with Gasteiger partial charge >= 0.3 is 0 Å². The lowest BCUT2D eigenvalue weighted by atomic mass is 9.95. The number of likely N-dealkylation sites (tertiary alicyclic amines) is 1. The molecular weight excluding hydrogens is 244 g/mol. The molecule has 0 bridgehead atoms. The van der Waals surface area contributed by atoms with Crippen molar-refractivity contribution in [1.82, 2.24) is 4.90 Å². The Morgan fingerprint density at radius 1 is 1.42 bits per heavy atom. The van der Waals surface area contributed by atoms with E-state index in [0.29, 0.717) is 25.7 Å². The van der Waals surface area contributed by atoms with Gasteiger partial charge in [0.1, 0.15) is 0 Å². The maximum absolute atomic E-state index is 10.0. The second-order valence-electron chi connectivity index (χ2n) is 5.60. The van der Waals surface area contributed by atoms with Gasteiger partial charge in [0, 0.05) is 20.2 Å². The molecule has 1 heterocycles. The number of ether oxygens (including phenoxy) is 2. The molecule has 5 nitrogen and oxygen atoms in total. The van der Waals surface area contributed by atoms with Gasteiger partial charge in [-0.1, -0.05) is 0 Å². The van der Waals surface area contributed by atoms with Gasteiger partial charge < -0.3 is 25.2 Å². The monoisotopic (exact) mass is 274 g/mol. The molecule has 1 aliphatic rings. The Bertz CT molecular complexity index is 227. The van der Waals surface area contributed by atoms with E-state index in [9.17, 15) is 5.11 Å². The highest BCUT2D eigenvalue weighted by atomic mass is 16.5. The highest BCUT2D eigenvalue weighted by Crippen LogP contribution is 2.19. The fourth-order valence-electron chi connectivity index (χ4n) is 2.70. The smallest absolute Gasteiger partial charge is 0.0900 e. The van der Waals surface area contributed by atoms with E-state index in [1.54, 1.807) is 7.11 Å². The summed E-state index contributed by atoms with van der Waals surface area (Å²) in [5, 5.41) is 10.0. The van der Waals surface area contributed by atoms with Crippen LogP contribution in [0.25, 0.3) is 0 Å². The van der Waals surface area contributed by atoms with Crippen molar-refractivity contribution in [2.75, 3.05) is 46.5 Å². The van der Waals surface area contributed by atoms with Gasteiger partial charge in [-0.25, -0.2) is 0 Å². The minimum atomic E-state index is -0.420. The number of aliphatic hydroxyl groups is 1. The van der Waals surface area contributed by atoms with Gasteiger partial charge in [0.15, 0.2) is 0 Å². The Kier molecular flexibility index (Phi) is 8.57. The van der Waals surface area contributed by atoms with Gasteiger partial charge in [-0.05, 0) is 45.2 Å². The van der Waals surface area contributed by atoms with E-state index < -0.39 is 6.10 Å². The zero-order chi connectivity index (χ0) is 14.1. The number of β-amino-alcohol motifs (C(OH)–C–C–N with tert-alkyl or cyclic N) is 1. The molecule has 1 saturated heterocycles. The maximum atomic E-state index is 10.0. The fraction of sp³-hybridized carbons (Fsp3) is 1.00. The first-order valence-corrected chi connectivity index (χ1v) is 7.36. The van der Waals surface area contributed by atoms with Crippen LogP contribution in [0, 0.1) is 5.92 Å². The molecule has 0 spiro atoms. The predicted molar refractivity (Wildman–Crippen MR) is 76.1 cm³/mol. The number of piperidine rings is 1. The van der Waals surface area contributed by atoms with Crippen LogP contribution in [0.3, 0.4) is 0 Å². The van der Waals surface area contributed by atoms with E-state index in [1.165, 1.54) is 12.8 Å². The number of rotatable bonds is 9. The molecule has 0 radical (unpaired) electrons. The summed E-state index contributed by atoms with van der Waals surface area (Å²) < 4.78 is 10.5. The van der Waals surface area contributed by atoms with Gasteiger partial charge in [0.05, 0.1) is 25.4 Å². The third-order valence-electron chi connectivity index (χ3n) is 3.62. The molecule has 0 aromatic heterocycles. The second-order valence-corrected chi connectivity index (χ2v) is 5.60. The lowest BCUT2D eigenvalue weighted by Gasteiger charge is -2.33. The molecular formula is C14H30N2O3. The Balaban J connectivity index is 2.18. The molecule has 0 aliphatic carbocycles. The van der Waals surface area contributed by atoms with Crippen molar-refractivity contribution in [1.29, 1.82) is 0 Å². The topological polar surface area (TPSA) is 68.0 Å². The highest BCUT2D eigenvalue weighted by Gasteiger charge is 2.21. The molecule has 0 aromatic rings. The van der Waals surface area contributed by atoms with Gasteiger partial charge in [-0.3, -0.25) is 0 Å². The summed E-state index contributed by atoms with van der Waals surface area (Å²) in [4.78, 5) is 2.33. The average molecular weight is 274 g/mol. The number of nitrogens with zero attached hydrogens (tertiary/aromatic N) is 1. The van der Waals surface area contributed by atoms with Crippen molar-refractivity contribution in [3.8, 4) is 0 Å². The van der Waals surface area contributed by atoms with E-state index in [2.05, 4.69) is 4.90 Å². The number of methoxy groups -OCH3 is 1. The third-order valence-corrected chi connectivity index (χ3v) is 3.62. The zero-order valence-corrected chi connectivity index (χ0v) is 12.4. The molecule has 1 fully saturated rings. The Hall–Kier alpha value is -0.200. The van der Waals surface area contributed by atoms with Crippen LogP contribution in [0.1, 0.15) is 26.2 Å². The molecule has 0 amide bonds. The van der Waals surface area contributed by atoms with Gasteiger partial charge in [-0.2, -0.15) is 0 Å². The van der Waals surface area contributed by atoms with Crippen molar-refractivity contribution >= 4 is 0 Å². The number of nitrogens with two attached hydrogens (primary N) is 1. The molecule has 1 rings (SSSR count). The third kappa shape index (κ3) is 7.22. The molecule has 114 valence electrons. The molecule has 3 unspecified atom stereocenters. The molecule has 5 heteroatoms. The number of hydrogen-bond donors (Lipinski definition) is 2. The summed E-state index contributed by atoms with van der Waals surface area (Å²) in [6, 6.07) is 0. The van der Waals surface area contributed by atoms with E-state index in [4.69, 9.17) is 15.2 Å². The first-order valence-electron chi connectivity index (χ1n) is 7.36. The lowest BCUT2D eigenvalue weighted by Crippen LogP contribution is -2.42. The highest BCUT2D eigenvalue weighted by molar-refractivity contribution is 4.75. The summed E-state index contributed by atoms with van der Waals surface area (Å²) in [6.45, 7) is 6.49. The van der Waals surface area contributed by atoms with E-state index in [-0.39, 0.29) is 6.10 Å². The van der Waals surface area contributed by atoms with Crippen LogP contribution in [0.2, 0.25) is 0 Å². The molecule has 1 aliphatic heterocycles. The van der Waals surface area contributed by atoms with Crippen LogP contribution in [0.15, 0.2) is 0 Å². The molecule has 19 heavy (non-hydrogen) atoms. The SMILES string of the molecule is COCC(C)OCC(O)CN1CCCC(CCN)C1. The maximum Gasteiger partial charge on any atom is 0.0900 e. The van der Waals surface area contributed by atoms with E-state index in [1.807, 2.05) is 6.92 Å². The summed E-state index contributed by atoms with van der Waals surface area (Å²) in [5.41, 5.74) is 5.62. The van der Waals surface area contributed by atoms with Crippen LogP contribution < -0.4 is 5.73 Å². The summed E-state index contributed by atoms with van der Waals surface area (Å²) in [7, 11) is 1.65. The quantitative estimate of drug-likeness (QED) is 0.639. The lowest BCUT2D eigenvalue weighted by molar-refractivity contribution is -0.0424. The van der Waals surface area contributed by atoms with Crippen LogP contribution in [0.5, 0.6) is 0 Å². The molecule has 3 N–H and O–H groups in total. The average Bonchev–Trinajstić information content (AvgIpc) is 2.38. The second kappa shape index (κ2) is 9.66. The molecule has 0 saturated carbocycles. The van der Waals surface area contributed by atoms with Crippen LogP contribution in [-0.2, 0) is 9.47 Å². The van der Waals surface area contributed by atoms with Crippen molar-refractivity contribution in [3.63, 3.8) is 0 Å². The first kappa shape index (κ1) is 16.9. The number of aliphatic hydroxyl groups excluding tert-OH is 1. The van der Waals surface area contributed by atoms with E-state index >= 15 is 0 Å². The predicted octanol–water partition coefficient (Wildman–Crippen LogP) is 0.460. The van der Waals surface area contributed by atoms with Crippen molar-refractivity contribution < 1.29 is 14.6 Å². The summed E-state index contributed by atoms with van der Waals surface area (Å²) >= 11 is 0. The normalized spacial score (nSPS) is 24.3. The van der Waals surface area contributed by atoms with Gasteiger partial charge in [-0.15, -0.1) is 0 Å². The Morgan fingerprint density at radius 2 is 2.21 bits per heavy atom. The van der Waals surface area contributed by atoms with Crippen LogP contribution >= 0.6 is 0 Å². The summed E-state index contributed by atoms with van der Waals surface area (Å²) in [5.74, 6) is 0.694. The van der Waals surface area contributed by atoms with Crippen LogP contribution in [0.4, 0.5) is 0 Å². The van der Waals surface area contributed by atoms with Gasteiger partial charge in [0.2, 0.25) is 0 Å². The minimum absolute atomic E-state index is 0.0333. The van der Waals surface area contributed by atoms with Crippen molar-refractivity contribution in [2.45, 2.75) is 38.4 Å². The standard InChI is InChI=1S/C14H30N2O3/c1-12(10-18-2)19-11-14(17)9-16-7-3-4-13(8-16)5-6-15/h12-14,17H,3-11,15H2,1-2H3. The van der Waals surface area contributed by atoms with Crippen LogP contribution in [-0.4, -0.2) is 68.7 Å². The Labute approximate surface area is 117 Å². The van der Waals surface area contributed by atoms with Gasteiger partial charge in [0.25, 0.3) is 0 Å². The summed E-state index contributed by atoms with van der Waals surface area (Å²) in [6.07, 6.45) is 3.18. The zero-order valence-electron chi connectivity index (χ0n) is 12.4. The van der Waals surface area contributed by atoms with E-state index in [0.717, 1.165) is 26.1 Å². The molecule has 3 atom stereocenters. The van der Waals surface area contributed by atoms with Crippen molar-refractivity contribution in [3.05, 3.63) is 0 Å². The Morgan fingerprint density at radius 3 is 2.89 bits per heavy atom. The van der Waals surface area contributed by atoms with Crippen molar-refractivity contribution in [2.24, 2.45) is 11.7 Å². The molecule has 0 aromatic carbocycles. The minimum Gasteiger partial charge on any atom is -0.389 e. The number of hydrogen-bond acceptors (Lipinski definition) is 5. The first-order chi connectivity index (χ1) is 9.15. The fourth-order valence-corrected chi connectivity index (χ4v) is 2.70. The largest absolute Gasteiger partial charge is 0.389 e.